The minimum atomic E-state index is -5.16. The van der Waals surface area contributed by atoms with E-state index in [0.717, 1.165) is 25.3 Å². The number of rotatable bonds is 8. The fourth-order valence-corrected chi connectivity index (χ4v) is 4.83. The summed E-state index contributed by atoms with van der Waals surface area (Å²) in [4.78, 5) is 13.8. The number of hydrogen-bond acceptors (Lipinski definition) is 2. The first-order valence-electron chi connectivity index (χ1n) is 13.0. The molecule has 1 N–H and O–H groups in total. The van der Waals surface area contributed by atoms with Gasteiger partial charge in [-0.3, -0.25) is 4.79 Å². The minimum absolute atomic E-state index is 0.162. The molecule has 4 rings (SSSR count). The molecule has 238 valence electrons. The summed E-state index contributed by atoms with van der Waals surface area (Å²) in [6, 6.07) is 13.0. The van der Waals surface area contributed by atoms with Crippen molar-refractivity contribution in [3.8, 4) is 5.75 Å². The molecule has 0 aliphatic rings. The van der Waals surface area contributed by atoms with E-state index < -0.39 is 81.3 Å². The standard InChI is InChI=1S/C32H23F10NO2/c1-29(35,36)21-10-19(11-23(12-21)31(37,38)39)28(44)43-30(17-18-6-4-3-5-7-18,20-8-9-26(34)27(16-20)45-2)22-13-24(32(40,41)42)15-25(33)14-22/h3-16H,17H2,1-2H3,(H,43,44)/t30-/m1/s1. The van der Waals surface area contributed by atoms with Crippen molar-refractivity contribution < 1.29 is 53.4 Å². The molecule has 0 spiro atoms. The van der Waals surface area contributed by atoms with Gasteiger partial charge in [-0.1, -0.05) is 36.4 Å². The number of ether oxygens (including phenoxy) is 1. The Balaban J connectivity index is 2.06. The zero-order valence-corrected chi connectivity index (χ0v) is 23.4. The van der Waals surface area contributed by atoms with Crippen molar-refractivity contribution >= 4 is 5.91 Å². The normalized spacial score (nSPS) is 13.7. The Bertz CT molecular complexity index is 1660. The van der Waals surface area contributed by atoms with Crippen molar-refractivity contribution in [3.63, 3.8) is 0 Å². The minimum Gasteiger partial charge on any atom is -0.494 e. The SMILES string of the molecule is COc1cc([C@@](Cc2ccccc2)(NC(=O)c2cc(C(C)(F)F)cc(C(F)(F)F)c2)c2cc(F)cc(C(F)(F)F)c2)ccc1F. The zero-order valence-electron chi connectivity index (χ0n) is 23.4. The highest BCUT2D eigenvalue weighted by Crippen LogP contribution is 2.41. The molecule has 1 amide bonds. The molecule has 0 aliphatic carbocycles. The number of nitrogens with one attached hydrogen (secondary N) is 1. The van der Waals surface area contributed by atoms with Gasteiger partial charge in [-0.05, 0) is 65.2 Å². The number of methoxy groups -OCH3 is 1. The molecule has 0 fully saturated rings. The maximum absolute atomic E-state index is 14.9. The van der Waals surface area contributed by atoms with E-state index >= 15 is 0 Å². The number of benzene rings is 4. The van der Waals surface area contributed by atoms with E-state index in [-0.39, 0.29) is 17.7 Å². The van der Waals surface area contributed by atoms with Gasteiger partial charge in [0, 0.05) is 24.5 Å². The van der Waals surface area contributed by atoms with Gasteiger partial charge in [0.25, 0.3) is 11.8 Å². The molecular weight excluding hydrogens is 620 g/mol. The van der Waals surface area contributed by atoms with Crippen LogP contribution in [0.3, 0.4) is 0 Å². The lowest BCUT2D eigenvalue weighted by atomic mass is 9.77. The van der Waals surface area contributed by atoms with Gasteiger partial charge in [0.15, 0.2) is 11.6 Å². The van der Waals surface area contributed by atoms with Crippen LogP contribution < -0.4 is 10.1 Å². The van der Waals surface area contributed by atoms with Crippen molar-refractivity contribution in [2.75, 3.05) is 7.11 Å². The predicted octanol–water partition coefficient (Wildman–Crippen LogP) is 9.04. The molecule has 13 heteroatoms. The highest BCUT2D eigenvalue weighted by molar-refractivity contribution is 5.95. The maximum atomic E-state index is 14.9. The van der Waals surface area contributed by atoms with E-state index in [0.29, 0.717) is 36.8 Å². The maximum Gasteiger partial charge on any atom is 0.416 e. The topological polar surface area (TPSA) is 38.3 Å². The molecule has 4 aromatic carbocycles. The van der Waals surface area contributed by atoms with Gasteiger partial charge in [-0.15, -0.1) is 0 Å². The summed E-state index contributed by atoms with van der Waals surface area (Å²) in [5.74, 6) is -7.98. The van der Waals surface area contributed by atoms with Crippen molar-refractivity contribution in [1.82, 2.24) is 5.32 Å². The summed E-state index contributed by atoms with van der Waals surface area (Å²) in [5.41, 5.74) is -7.75. The van der Waals surface area contributed by atoms with Crippen LogP contribution in [0.5, 0.6) is 5.75 Å². The van der Waals surface area contributed by atoms with E-state index in [1.54, 1.807) is 18.2 Å². The highest BCUT2D eigenvalue weighted by atomic mass is 19.4. The molecule has 3 nitrogen and oxygen atoms in total. The quantitative estimate of drug-likeness (QED) is 0.195. The third kappa shape index (κ3) is 7.40. The lowest BCUT2D eigenvalue weighted by Crippen LogP contribution is -2.49. The monoisotopic (exact) mass is 643 g/mol. The second-order valence-corrected chi connectivity index (χ2v) is 10.3. The Hall–Kier alpha value is -4.55. The number of halogens is 10. The van der Waals surface area contributed by atoms with Gasteiger partial charge >= 0.3 is 12.4 Å². The van der Waals surface area contributed by atoms with Crippen LogP contribution in [0.15, 0.2) is 84.9 Å². The Morgan fingerprint density at radius 3 is 1.82 bits per heavy atom. The predicted molar refractivity (Wildman–Crippen MR) is 144 cm³/mol. The Morgan fingerprint density at radius 1 is 0.689 bits per heavy atom. The smallest absolute Gasteiger partial charge is 0.416 e. The number of hydrogen-bond donors (Lipinski definition) is 1. The molecule has 0 heterocycles. The molecule has 45 heavy (non-hydrogen) atoms. The largest absolute Gasteiger partial charge is 0.494 e. The molecule has 0 unspecified atom stereocenters. The van der Waals surface area contributed by atoms with Crippen LogP contribution in [0.4, 0.5) is 43.9 Å². The van der Waals surface area contributed by atoms with Gasteiger partial charge in [-0.25, -0.2) is 17.6 Å². The molecule has 0 aromatic heterocycles. The van der Waals surface area contributed by atoms with Gasteiger partial charge in [0.2, 0.25) is 0 Å². The van der Waals surface area contributed by atoms with Crippen molar-refractivity contribution in [3.05, 3.63) is 136 Å². The first-order valence-corrected chi connectivity index (χ1v) is 13.0. The van der Waals surface area contributed by atoms with Crippen molar-refractivity contribution in [2.45, 2.75) is 37.2 Å². The third-order valence-electron chi connectivity index (χ3n) is 7.03. The average molecular weight is 644 g/mol. The van der Waals surface area contributed by atoms with E-state index in [1.807, 2.05) is 0 Å². The van der Waals surface area contributed by atoms with Gasteiger partial charge in [0.1, 0.15) is 5.82 Å². The van der Waals surface area contributed by atoms with Crippen molar-refractivity contribution in [2.24, 2.45) is 0 Å². The van der Waals surface area contributed by atoms with Gasteiger partial charge < -0.3 is 10.1 Å². The Morgan fingerprint density at radius 2 is 1.24 bits per heavy atom. The summed E-state index contributed by atoms with van der Waals surface area (Å²) < 4.78 is 146. The molecule has 0 radical (unpaired) electrons. The molecule has 0 aliphatic heterocycles. The molecule has 4 aromatic rings. The Kier molecular flexibility index (Phi) is 8.96. The molecule has 0 bridgehead atoms. The fraction of sp³-hybridized carbons (Fsp3) is 0.219. The van der Waals surface area contributed by atoms with Gasteiger partial charge in [-0.2, -0.15) is 26.3 Å². The molecular formula is C32H23F10NO2. The van der Waals surface area contributed by atoms with E-state index in [4.69, 9.17) is 4.74 Å². The summed E-state index contributed by atoms with van der Waals surface area (Å²) in [7, 11) is 1.08. The van der Waals surface area contributed by atoms with Crippen LogP contribution in [0, 0.1) is 11.6 Å². The van der Waals surface area contributed by atoms with E-state index in [1.165, 1.54) is 12.1 Å². The molecule has 1 atom stereocenters. The first kappa shape index (κ1) is 33.3. The lowest BCUT2D eigenvalue weighted by molar-refractivity contribution is -0.138. The number of carbonyl (C=O) groups is 1. The number of carbonyl (C=O) groups excluding carboxylic acids is 1. The van der Waals surface area contributed by atoms with Crippen LogP contribution in [0.1, 0.15) is 50.7 Å². The third-order valence-corrected chi connectivity index (χ3v) is 7.03. The fourth-order valence-electron chi connectivity index (χ4n) is 4.83. The number of alkyl halides is 8. The summed E-state index contributed by atoms with van der Waals surface area (Å²) in [5, 5.41) is 2.40. The van der Waals surface area contributed by atoms with Crippen LogP contribution in [0.25, 0.3) is 0 Å². The van der Waals surface area contributed by atoms with E-state index in [9.17, 15) is 48.7 Å². The van der Waals surface area contributed by atoms with Crippen LogP contribution in [0.2, 0.25) is 0 Å². The average Bonchev–Trinajstić information content (AvgIpc) is 2.95. The summed E-state index contributed by atoms with van der Waals surface area (Å²) >= 11 is 0. The van der Waals surface area contributed by atoms with Gasteiger partial charge in [0.05, 0.1) is 23.8 Å². The molecule has 0 saturated heterocycles. The second kappa shape index (κ2) is 12.1. The Labute approximate surface area is 250 Å². The van der Waals surface area contributed by atoms with E-state index in [2.05, 4.69) is 5.32 Å². The zero-order chi connectivity index (χ0) is 33.4. The van der Waals surface area contributed by atoms with Crippen LogP contribution in [-0.4, -0.2) is 13.0 Å². The van der Waals surface area contributed by atoms with Crippen molar-refractivity contribution in [1.29, 1.82) is 0 Å². The summed E-state index contributed by atoms with van der Waals surface area (Å²) in [6.45, 7) is 0.320. The lowest BCUT2D eigenvalue weighted by Gasteiger charge is -2.37. The first-order chi connectivity index (χ1) is 20.8. The second-order valence-electron chi connectivity index (χ2n) is 10.3. The molecule has 0 saturated carbocycles. The summed E-state index contributed by atoms with van der Waals surface area (Å²) in [6.07, 6.45) is -10.7. The van der Waals surface area contributed by atoms with Crippen LogP contribution >= 0.6 is 0 Å². The van der Waals surface area contributed by atoms with Crippen LogP contribution in [-0.2, 0) is 30.2 Å². The number of amides is 1. The highest BCUT2D eigenvalue weighted by Gasteiger charge is 2.42.